The van der Waals surface area contributed by atoms with E-state index in [9.17, 15) is 0 Å². The van der Waals surface area contributed by atoms with Gasteiger partial charge in [-0.05, 0) is 37.7 Å². The molecule has 0 amide bonds. The predicted octanol–water partition coefficient (Wildman–Crippen LogP) is 4.27. The SMILES string of the molecule is CC1(CNc2c(Cl)cc(N)cc2Cl)CCCS1. The quantitative estimate of drug-likeness (QED) is 0.817. The van der Waals surface area contributed by atoms with Gasteiger partial charge in [-0.2, -0.15) is 11.8 Å². The Hall–Kier alpha value is -0.250. The van der Waals surface area contributed by atoms with E-state index in [0.29, 0.717) is 15.7 Å². The van der Waals surface area contributed by atoms with Crippen LogP contribution >= 0.6 is 35.0 Å². The normalized spacial score (nSPS) is 23.9. The molecule has 1 saturated heterocycles. The number of hydrogen-bond acceptors (Lipinski definition) is 3. The van der Waals surface area contributed by atoms with Gasteiger partial charge in [0.25, 0.3) is 0 Å². The first-order chi connectivity index (χ1) is 8.00. The molecule has 1 aliphatic heterocycles. The van der Waals surface area contributed by atoms with Crippen LogP contribution in [-0.4, -0.2) is 17.0 Å². The van der Waals surface area contributed by atoms with Crippen molar-refractivity contribution >= 4 is 46.3 Å². The van der Waals surface area contributed by atoms with E-state index in [1.54, 1.807) is 12.1 Å². The second-order valence-electron chi connectivity index (χ2n) is 4.62. The van der Waals surface area contributed by atoms with Crippen molar-refractivity contribution in [1.29, 1.82) is 0 Å². The highest BCUT2D eigenvalue weighted by atomic mass is 35.5. The number of nitrogen functional groups attached to an aromatic ring is 1. The summed E-state index contributed by atoms with van der Waals surface area (Å²) in [6.45, 7) is 3.15. The standard InChI is InChI=1S/C12H16Cl2N2S/c1-12(3-2-4-17-12)7-16-11-9(13)5-8(15)6-10(11)14/h5-6,16H,2-4,7,15H2,1H3. The predicted molar refractivity (Wildman–Crippen MR) is 79.5 cm³/mol. The van der Waals surface area contributed by atoms with E-state index >= 15 is 0 Å². The molecule has 2 nitrogen and oxygen atoms in total. The highest BCUT2D eigenvalue weighted by molar-refractivity contribution is 8.00. The van der Waals surface area contributed by atoms with Gasteiger partial charge in [0, 0.05) is 17.0 Å². The summed E-state index contributed by atoms with van der Waals surface area (Å²) in [5.74, 6) is 1.24. The number of nitrogens with one attached hydrogen (secondary N) is 1. The molecule has 17 heavy (non-hydrogen) atoms. The Bertz CT molecular complexity index is 394. The van der Waals surface area contributed by atoms with Crippen molar-refractivity contribution in [2.75, 3.05) is 23.3 Å². The van der Waals surface area contributed by atoms with Crippen molar-refractivity contribution in [1.82, 2.24) is 0 Å². The van der Waals surface area contributed by atoms with E-state index in [-0.39, 0.29) is 4.75 Å². The summed E-state index contributed by atoms with van der Waals surface area (Å²) in [6, 6.07) is 3.44. The number of benzene rings is 1. The van der Waals surface area contributed by atoms with Crippen LogP contribution in [0.3, 0.4) is 0 Å². The Kier molecular flexibility index (Phi) is 4.01. The van der Waals surface area contributed by atoms with Crippen molar-refractivity contribution < 1.29 is 0 Å². The van der Waals surface area contributed by atoms with E-state index < -0.39 is 0 Å². The van der Waals surface area contributed by atoms with Gasteiger partial charge in [-0.1, -0.05) is 23.2 Å². The lowest BCUT2D eigenvalue weighted by Crippen LogP contribution is -2.27. The largest absolute Gasteiger partial charge is 0.399 e. The molecule has 0 radical (unpaired) electrons. The van der Waals surface area contributed by atoms with Gasteiger partial charge >= 0.3 is 0 Å². The van der Waals surface area contributed by atoms with Gasteiger partial charge < -0.3 is 11.1 Å². The molecular formula is C12H16Cl2N2S. The number of hydrogen-bond donors (Lipinski definition) is 2. The molecule has 1 aliphatic rings. The maximum Gasteiger partial charge on any atom is 0.0720 e. The topological polar surface area (TPSA) is 38.0 Å². The van der Waals surface area contributed by atoms with E-state index in [4.69, 9.17) is 28.9 Å². The number of thioether (sulfide) groups is 1. The van der Waals surface area contributed by atoms with E-state index in [1.807, 2.05) is 11.8 Å². The van der Waals surface area contributed by atoms with Gasteiger partial charge in [0.1, 0.15) is 0 Å². The molecule has 0 aromatic heterocycles. The third kappa shape index (κ3) is 3.15. The summed E-state index contributed by atoms with van der Waals surface area (Å²) in [5.41, 5.74) is 7.05. The Morgan fingerprint density at radius 3 is 2.59 bits per heavy atom. The lowest BCUT2D eigenvalue weighted by molar-refractivity contribution is 0.635. The highest BCUT2D eigenvalue weighted by Crippen LogP contribution is 2.39. The van der Waals surface area contributed by atoms with Crippen LogP contribution in [0.15, 0.2) is 12.1 Å². The molecular weight excluding hydrogens is 275 g/mol. The number of halogens is 2. The Labute approximate surface area is 116 Å². The molecule has 3 N–H and O–H groups in total. The van der Waals surface area contributed by atoms with Crippen molar-refractivity contribution in [3.63, 3.8) is 0 Å². The minimum atomic E-state index is 0.286. The van der Waals surface area contributed by atoms with Crippen LogP contribution in [0.25, 0.3) is 0 Å². The van der Waals surface area contributed by atoms with Crippen molar-refractivity contribution in [2.45, 2.75) is 24.5 Å². The van der Waals surface area contributed by atoms with Crippen molar-refractivity contribution in [2.24, 2.45) is 0 Å². The van der Waals surface area contributed by atoms with Gasteiger partial charge in [-0.15, -0.1) is 0 Å². The minimum Gasteiger partial charge on any atom is -0.399 e. The van der Waals surface area contributed by atoms with E-state index in [1.165, 1.54) is 18.6 Å². The van der Waals surface area contributed by atoms with Crippen LogP contribution in [0.5, 0.6) is 0 Å². The van der Waals surface area contributed by atoms with Crippen LogP contribution in [-0.2, 0) is 0 Å². The number of rotatable bonds is 3. The molecule has 1 atom stereocenters. The zero-order valence-electron chi connectivity index (χ0n) is 9.72. The van der Waals surface area contributed by atoms with Gasteiger partial charge in [0.05, 0.1) is 15.7 Å². The van der Waals surface area contributed by atoms with Crippen LogP contribution < -0.4 is 11.1 Å². The average Bonchev–Trinajstić information content (AvgIpc) is 2.64. The molecule has 94 valence electrons. The molecule has 1 heterocycles. The van der Waals surface area contributed by atoms with Crippen LogP contribution in [0.4, 0.5) is 11.4 Å². The van der Waals surface area contributed by atoms with E-state index in [2.05, 4.69) is 12.2 Å². The summed E-state index contributed by atoms with van der Waals surface area (Å²) in [6.07, 6.45) is 2.51. The molecule has 1 unspecified atom stereocenters. The molecule has 1 fully saturated rings. The Morgan fingerprint density at radius 1 is 1.41 bits per heavy atom. The summed E-state index contributed by atoms with van der Waals surface area (Å²) in [5, 5.41) is 4.52. The third-order valence-electron chi connectivity index (χ3n) is 3.00. The monoisotopic (exact) mass is 290 g/mol. The fraction of sp³-hybridized carbons (Fsp3) is 0.500. The third-order valence-corrected chi connectivity index (χ3v) is 5.14. The zero-order valence-corrected chi connectivity index (χ0v) is 12.1. The maximum atomic E-state index is 6.13. The fourth-order valence-corrected chi connectivity index (χ4v) is 3.90. The number of anilines is 2. The zero-order chi connectivity index (χ0) is 12.5. The molecule has 1 aromatic carbocycles. The molecule has 2 rings (SSSR count). The molecule has 0 aliphatic carbocycles. The molecule has 1 aromatic rings. The van der Waals surface area contributed by atoms with Gasteiger partial charge in [0.15, 0.2) is 0 Å². The smallest absolute Gasteiger partial charge is 0.0720 e. The second-order valence-corrected chi connectivity index (χ2v) is 7.11. The molecule has 5 heteroatoms. The number of nitrogens with two attached hydrogens (primary N) is 1. The Balaban J connectivity index is 2.08. The highest BCUT2D eigenvalue weighted by Gasteiger charge is 2.29. The molecule has 0 saturated carbocycles. The first kappa shape index (κ1) is 13.2. The molecule has 0 spiro atoms. The lowest BCUT2D eigenvalue weighted by Gasteiger charge is -2.24. The summed E-state index contributed by atoms with van der Waals surface area (Å²) >= 11 is 14.3. The van der Waals surface area contributed by atoms with E-state index in [0.717, 1.165) is 12.2 Å². The molecule has 0 bridgehead atoms. The Morgan fingerprint density at radius 2 is 2.06 bits per heavy atom. The first-order valence-electron chi connectivity index (χ1n) is 5.62. The van der Waals surface area contributed by atoms with Gasteiger partial charge in [-0.3, -0.25) is 0 Å². The summed E-state index contributed by atoms with van der Waals surface area (Å²) in [7, 11) is 0. The van der Waals surface area contributed by atoms with Gasteiger partial charge in [0.2, 0.25) is 0 Å². The van der Waals surface area contributed by atoms with Crippen molar-refractivity contribution in [3.05, 3.63) is 22.2 Å². The van der Waals surface area contributed by atoms with Crippen LogP contribution in [0.2, 0.25) is 10.0 Å². The summed E-state index contributed by atoms with van der Waals surface area (Å²) in [4.78, 5) is 0. The van der Waals surface area contributed by atoms with Crippen molar-refractivity contribution in [3.8, 4) is 0 Å². The average molecular weight is 291 g/mol. The fourth-order valence-electron chi connectivity index (χ4n) is 2.01. The van der Waals surface area contributed by atoms with Gasteiger partial charge in [-0.25, -0.2) is 0 Å². The maximum absolute atomic E-state index is 6.13. The second kappa shape index (κ2) is 5.17. The van der Waals surface area contributed by atoms with Crippen LogP contribution in [0.1, 0.15) is 19.8 Å². The summed E-state index contributed by atoms with van der Waals surface area (Å²) < 4.78 is 0.286. The minimum absolute atomic E-state index is 0.286. The lowest BCUT2D eigenvalue weighted by atomic mass is 10.1. The first-order valence-corrected chi connectivity index (χ1v) is 7.37. The van der Waals surface area contributed by atoms with Crippen LogP contribution in [0, 0.1) is 0 Å².